The SMILES string of the molecule is CC(C)(C)OC(=O)N[C@H](c1ccc(Cl)cc1)[C@H](c1cc(Br)ccc1F)[N+](=O)[O-]. The molecule has 0 radical (unpaired) electrons. The van der Waals surface area contributed by atoms with Gasteiger partial charge in [0.25, 0.3) is 6.04 Å². The van der Waals surface area contributed by atoms with Gasteiger partial charge in [0, 0.05) is 14.4 Å². The summed E-state index contributed by atoms with van der Waals surface area (Å²) in [5, 5.41) is 14.8. The molecule has 0 aliphatic heterocycles. The molecule has 0 saturated heterocycles. The lowest BCUT2D eigenvalue weighted by Gasteiger charge is -2.26. The molecule has 0 unspecified atom stereocenters. The summed E-state index contributed by atoms with van der Waals surface area (Å²) >= 11 is 9.10. The highest BCUT2D eigenvalue weighted by molar-refractivity contribution is 9.10. The molecule has 2 rings (SSSR count). The van der Waals surface area contributed by atoms with Gasteiger partial charge >= 0.3 is 6.09 Å². The summed E-state index contributed by atoms with van der Waals surface area (Å²) in [5.74, 6) is -0.755. The number of carbonyl (C=O) groups excluding carboxylic acids is 1. The maximum Gasteiger partial charge on any atom is 0.408 e. The summed E-state index contributed by atoms with van der Waals surface area (Å²) in [6.45, 7) is 5.01. The van der Waals surface area contributed by atoms with E-state index in [9.17, 15) is 19.3 Å². The Morgan fingerprint density at radius 3 is 2.39 bits per heavy atom. The number of nitro groups is 1. The summed E-state index contributed by atoms with van der Waals surface area (Å²) in [4.78, 5) is 23.6. The van der Waals surface area contributed by atoms with E-state index in [0.29, 0.717) is 15.1 Å². The molecule has 28 heavy (non-hydrogen) atoms. The van der Waals surface area contributed by atoms with Crippen LogP contribution in [0.2, 0.25) is 5.02 Å². The van der Waals surface area contributed by atoms with Gasteiger partial charge in [-0.25, -0.2) is 9.18 Å². The highest BCUT2D eigenvalue weighted by atomic mass is 79.9. The maximum atomic E-state index is 14.4. The standard InChI is InChI=1S/C19H19BrClFN2O4/c1-19(2,3)28-18(25)23-16(11-4-7-13(21)8-5-11)17(24(26)27)14-10-12(20)6-9-15(14)22/h4-10,16-17H,1-3H3,(H,23,25)/t16-,17+/m1/s1. The monoisotopic (exact) mass is 472 g/mol. The molecule has 0 spiro atoms. The minimum absolute atomic E-state index is 0.171. The van der Waals surface area contributed by atoms with Crippen LogP contribution < -0.4 is 5.32 Å². The number of alkyl carbamates (subject to hydrolysis) is 1. The summed E-state index contributed by atoms with van der Waals surface area (Å²) in [6.07, 6.45) is -0.852. The molecule has 1 amide bonds. The normalized spacial score (nSPS) is 13.5. The predicted molar refractivity (Wildman–Crippen MR) is 107 cm³/mol. The molecule has 0 saturated carbocycles. The van der Waals surface area contributed by atoms with Crippen LogP contribution in [0, 0.1) is 15.9 Å². The molecule has 9 heteroatoms. The third-order valence-corrected chi connectivity index (χ3v) is 4.47. The molecular weight excluding hydrogens is 455 g/mol. The topological polar surface area (TPSA) is 81.5 Å². The van der Waals surface area contributed by atoms with Crippen LogP contribution in [0.1, 0.15) is 44.0 Å². The molecule has 2 atom stereocenters. The Bertz CT molecular complexity index is 871. The average Bonchev–Trinajstić information content (AvgIpc) is 2.56. The van der Waals surface area contributed by atoms with Gasteiger partial charge < -0.3 is 10.1 Å². The molecule has 1 N–H and O–H groups in total. The van der Waals surface area contributed by atoms with E-state index in [1.807, 2.05) is 0 Å². The summed E-state index contributed by atoms with van der Waals surface area (Å²) in [6, 6.07) is 7.26. The Morgan fingerprint density at radius 2 is 1.86 bits per heavy atom. The van der Waals surface area contributed by atoms with Gasteiger partial charge in [-0.15, -0.1) is 0 Å². The van der Waals surface area contributed by atoms with Crippen molar-refractivity contribution in [3.05, 3.63) is 79.0 Å². The Balaban J connectivity index is 2.53. The molecule has 0 heterocycles. The van der Waals surface area contributed by atoms with Gasteiger partial charge in [0.05, 0.1) is 5.56 Å². The van der Waals surface area contributed by atoms with Crippen LogP contribution >= 0.6 is 27.5 Å². The van der Waals surface area contributed by atoms with Crippen molar-refractivity contribution >= 4 is 33.6 Å². The van der Waals surface area contributed by atoms with Crippen LogP contribution in [0.25, 0.3) is 0 Å². The highest BCUT2D eigenvalue weighted by Gasteiger charge is 2.38. The number of hydrogen-bond donors (Lipinski definition) is 1. The van der Waals surface area contributed by atoms with Crippen molar-refractivity contribution in [1.82, 2.24) is 5.32 Å². The van der Waals surface area contributed by atoms with Gasteiger partial charge in [-0.3, -0.25) is 10.1 Å². The van der Waals surface area contributed by atoms with E-state index in [-0.39, 0.29) is 5.56 Å². The van der Waals surface area contributed by atoms with Crippen LogP contribution in [-0.2, 0) is 4.74 Å². The lowest BCUT2D eigenvalue weighted by molar-refractivity contribution is -0.535. The van der Waals surface area contributed by atoms with Gasteiger partial charge in [0.2, 0.25) is 0 Å². The second kappa shape index (κ2) is 8.87. The molecule has 0 fully saturated rings. The zero-order valence-electron chi connectivity index (χ0n) is 15.4. The number of amides is 1. The van der Waals surface area contributed by atoms with Crippen molar-refractivity contribution < 1.29 is 18.8 Å². The quantitative estimate of drug-likeness (QED) is 0.438. The third kappa shape index (κ3) is 5.90. The first-order chi connectivity index (χ1) is 13.0. The highest BCUT2D eigenvalue weighted by Crippen LogP contribution is 2.35. The number of benzene rings is 2. The van der Waals surface area contributed by atoms with Crippen LogP contribution in [0.5, 0.6) is 0 Å². The lowest BCUT2D eigenvalue weighted by Crippen LogP contribution is -2.39. The fourth-order valence-electron chi connectivity index (χ4n) is 2.61. The number of rotatable bonds is 5. The molecule has 2 aromatic carbocycles. The number of hydrogen-bond acceptors (Lipinski definition) is 4. The summed E-state index contributed by atoms with van der Waals surface area (Å²) in [5.41, 5.74) is -0.591. The Hall–Kier alpha value is -2.19. The lowest BCUT2D eigenvalue weighted by atomic mass is 9.93. The number of halogens is 3. The Labute approximate surface area is 175 Å². The van der Waals surface area contributed by atoms with Crippen molar-refractivity contribution in [2.75, 3.05) is 0 Å². The van der Waals surface area contributed by atoms with Crippen molar-refractivity contribution in [3.63, 3.8) is 0 Å². The first-order valence-electron chi connectivity index (χ1n) is 8.31. The largest absolute Gasteiger partial charge is 0.444 e. The Kier molecular flexibility index (Phi) is 7.01. The van der Waals surface area contributed by atoms with Crippen molar-refractivity contribution in [1.29, 1.82) is 0 Å². The predicted octanol–water partition coefficient (Wildman–Crippen LogP) is 5.83. The fourth-order valence-corrected chi connectivity index (χ4v) is 3.11. The van der Waals surface area contributed by atoms with Crippen LogP contribution in [0.15, 0.2) is 46.9 Å². The van der Waals surface area contributed by atoms with E-state index >= 15 is 0 Å². The minimum Gasteiger partial charge on any atom is -0.444 e. The van der Waals surface area contributed by atoms with E-state index in [0.717, 1.165) is 6.07 Å². The van der Waals surface area contributed by atoms with Crippen LogP contribution in [0.4, 0.5) is 9.18 Å². The van der Waals surface area contributed by atoms with Gasteiger partial charge in [-0.2, -0.15) is 0 Å². The van der Waals surface area contributed by atoms with E-state index in [4.69, 9.17) is 16.3 Å². The van der Waals surface area contributed by atoms with Crippen LogP contribution in [0.3, 0.4) is 0 Å². The molecule has 150 valence electrons. The minimum atomic E-state index is -1.59. The number of carbonyl (C=O) groups is 1. The van der Waals surface area contributed by atoms with Gasteiger partial charge in [0.15, 0.2) is 0 Å². The number of nitrogens with zero attached hydrogens (tertiary/aromatic N) is 1. The zero-order valence-corrected chi connectivity index (χ0v) is 17.8. The van der Waals surface area contributed by atoms with Gasteiger partial charge in [-0.05, 0) is 56.7 Å². The van der Waals surface area contributed by atoms with Crippen molar-refractivity contribution in [2.24, 2.45) is 0 Å². The second-order valence-electron chi connectivity index (χ2n) is 7.07. The number of nitrogens with one attached hydrogen (secondary N) is 1. The summed E-state index contributed by atoms with van der Waals surface area (Å²) in [7, 11) is 0. The van der Waals surface area contributed by atoms with Crippen molar-refractivity contribution in [3.8, 4) is 0 Å². The molecular formula is C19H19BrClFN2O4. The fraction of sp³-hybridized carbons (Fsp3) is 0.316. The molecule has 6 nitrogen and oxygen atoms in total. The van der Waals surface area contributed by atoms with E-state index in [1.54, 1.807) is 20.8 Å². The van der Waals surface area contributed by atoms with E-state index in [2.05, 4.69) is 21.2 Å². The molecule has 0 bridgehead atoms. The maximum absolute atomic E-state index is 14.4. The smallest absolute Gasteiger partial charge is 0.408 e. The third-order valence-electron chi connectivity index (χ3n) is 3.72. The van der Waals surface area contributed by atoms with Crippen molar-refractivity contribution in [2.45, 2.75) is 38.5 Å². The molecule has 0 aromatic heterocycles. The molecule has 2 aromatic rings. The number of ether oxygens (including phenoxy) is 1. The average molecular weight is 474 g/mol. The van der Waals surface area contributed by atoms with Gasteiger partial charge in [-0.1, -0.05) is 39.7 Å². The first kappa shape index (κ1) is 22.1. The molecule has 0 aliphatic carbocycles. The van der Waals surface area contributed by atoms with E-state index < -0.39 is 34.5 Å². The molecule has 0 aliphatic rings. The Morgan fingerprint density at radius 1 is 1.25 bits per heavy atom. The van der Waals surface area contributed by atoms with E-state index in [1.165, 1.54) is 36.4 Å². The van der Waals surface area contributed by atoms with Gasteiger partial charge in [0.1, 0.15) is 17.5 Å². The second-order valence-corrected chi connectivity index (χ2v) is 8.42. The zero-order chi connectivity index (χ0) is 21.1. The first-order valence-corrected chi connectivity index (χ1v) is 9.48. The summed E-state index contributed by atoms with van der Waals surface area (Å²) < 4.78 is 20.1. The van der Waals surface area contributed by atoms with Crippen LogP contribution in [-0.4, -0.2) is 16.6 Å².